The highest BCUT2D eigenvalue weighted by atomic mass is 28.3. The lowest BCUT2D eigenvalue weighted by atomic mass is 10.1. The summed E-state index contributed by atoms with van der Waals surface area (Å²) in [6.45, 7) is 9.55. The van der Waals surface area contributed by atoms with Gasteiger partial charge in [0.1, 0.15) is 0 Å². The molecule has 0 radical (unpaired) electrons. The van der Waals surface area contributed by atoms with E-state index in [9.17, 15) is 0 Å². The van der Waals surface area contributed by atoms with Gasteiger partial charge in [-0.1, -0.05) is 180 Å². The minimum Gasteiger partial charge on any atom is -0.0678 e. The van der Waals surface area contributed by atoms with E-state index in [-0.39, 0.29) is 0 Å². The summed E-state index contributed by atoms with van der Waals surface area (Å²) in [5.41, 5.74) is 0. The van der Waals surface area contributed by atoms with E-state index in [0.29, 0.717) is 0 Å². The first-order chi connectivity index (χ1) is 14.2. The maximum Gasteiger partial charge on any atom is 0.0533 e. The normalized spacial score (nSPS) is 12.0. The molecule has 0 atom stereocenters. The molecule has 0 spiro atoms. The summed E-state index contributed by atoms with van der Waals surface area (Å²) in [5, 5.41) is 0. The summed E-state index contributed by atoms with van der Waals surface area (Å²) < 4.78 is 0. The summed E-state index contributed by atoms with van der Waals surface area (Å²) >= 11 is 0. The Kier molecular flexibility index (Phi) is 23.1. The van der Waals surface area contributed by atoms with Crippen LogP contribution in [0.3, 0.4) is 0 Å². The van der Waals surface area contributed by atoms with Crippen LogP contribution in [0.5, 0.6) is 0 Å². The summed E-state index contributed by atoms with van der Waals surface area (Å²) in [6, 6.07) is 6.53. The first-order valence-corrected chi connectivity index (χ1v) is 17.1. The van der Waals surface area contributed by atoms with Gasteiger partial charge in [0.25, 0.3) is 0 Å². The van der Waals surface area contributed by atoms with E-state index in [1.807, 2.05) is 0 Å². The Labute approximate surface area is 188 Å². The second kappa shape index (κ2) is 22.9. The summed E-state index contributed by atoms with van der Waals surface area (Å²) in [7, 11) is -0.988. The fraction of sp³-hybridized carbons (Fsp3) is 1.00. The predicted octanol–water partition coefficient (Wildman–Crippen LogP) is 11.3. The molecule has 0 aromatic carbocycles. The molecule has 0 aliphatic rings. The van der Waals surface area contributed by atoms with Crippen molar-refractivity contribution in [3.05, 3.63) is 0 Å². The van der Waals surface area contributed by atoms with E-state index in [4.69, 9.17) is 0 Å². The summed E-state index contributed by atoms with van der Waals surface area (Å²) in [6.07, 6.45) is 29.6. The van der Waals surface area contributed by atoms with E-state index >= 15 is 0 Å². The highest BCUT2D eigenvalue weighted by Crippen LogP contribution is 2.33. The third-order valence-corrected chi connectivity index (χ3v) is 13.2. The molecule has 0 bridgehead atoms. The SMILES string of the molecule is CCCCCCCCCC[Si](CC)(CCCCCCCC)CCCCCCCC. The van der Waals surface area contributed by atoms with Gasteiger partial charge in [0.05, 0.1) is 8.07 Å². The summed E-state index contributed by atoms with van der Waals surface area (Å²) in [5.74, 6) is 0. The number of hydrogen-bond acceptors (Lipinski definition) is 0. The van der Waals surface area contributed by atoms with Crippen LogP contribution in [-0.2, 0) is 0 Å². The highest BCUT2D eigenvalue weighted by Gasteiger charge is 2.28. The first kappa shape index (κ1) is 29.2. The van der Waals surface area contributed by atoms with Gasteiger partial charge < -0.3 is 0 Å². The van der Waals surface area contributed by atoms with E-state index in [2.05, 4.69) is 27.7 Å². The average Bonchev–Trinajstić information content (AvgIpc) is 2.74. The van der Waals surface area contributed by atoms with Crippen LogP contribution in [-0.4, -0.2) is 8.07 Å². The molecule has 0 aliphatic carbocycles. The van der Waals surface area contributed by atoms with Gasteiger partial charge in [-0.25, -0.2) is 0 Å². The van der Waals surface area contributed by atoms with Gasteiger partial charge in [0, 0.05) is 0 Å². The van der Waals surface area contributed by atoms with Crippen LogP contribution in [0.4, 0.5) is 0 Å². The fourth-order valence-corrected chi connectivity index (χ4v) is 9.91. The van der Waals surface area contributed by atoms with Gasteiger partial charge in [-0.05, 0) is 0 Å². The molecule has 176 valence electrons. The monoisotopic (exact) mass is 424 g/mol. The maximum absolute atomic E-state index is 2.56. The van der Waals surface area contributed by atoms with Crippen LogP contribution >= 0.6 is 0 Å². The molecule has 0 rings (SSSR count). The average molecular weight is 425 g/mol. The van der Waals surface area contributed by atoms with Crippen molar-refractivity contribution in [1.82, 2.24) is 0 Å². The molecule has 0 fully saturated rings. The quantitative estimate of drug-likeness (QED) is 0.107. The van der Waals surface area contributed by atoms with Gasteiger partial charge in [-0.15, -0.1) is 0 Å². The van der Waals surface area contributed by atoms with E-state index < -0.39 is 8.07 Å². The van der Waals surface area contributed by atoms with Crippen molar-refractivity contribution in [3.8, 4) is 0 Å². The van der Waals surface area contributed by atoms with E-state index in [1.54, 1.807) is 43.4 Å². The molecule has 0 aliphatic heterocycles. The molecule has 0 aromatic heterocycles. The van der Waals surface area contributed by atoms with Crippen LogP contribution < -0.4 is 0 Å². The molecule has 1 heteroatoms. The van der Waals surface area contributed by atoms with Crippen LogP contribution in [0.2, 0.25) is 24.2 Å². The molecule has 0 amide bonds. The summed E-state index contributed by atoms with van der Waals surface area (Å²) in [4.78, 5) is 0. The molecule has 0 saturated heterocycles. The molecule has 0 nitrogen and oxygen atoms in total. The molecule has 0 aromatic rings. The smallest absolute Gasteiger partial charge is 0.0533 e. The number of rotatable bonds is 24. The van der Waals surface area contributed by atoms with Crippen LogP contribution in [0.25, 0.3) is 0 Å². The standard InChI is InChI=1S/C28H60Si/c1-5-9-12-15-18-19-22-25-28-29(8-4,26-23-20-16-13-10-6-2)27-24-21-17-14-11-7-3/h5-28H2,1-4H3. The lowest BCUT2D eigenvalue weighted by Gasteiger charge is -2.31. The third kappa shape index (κ3) is 18.7. The van der Waals surface area contributed by atoms with E-state index in [1.165, 1.54) is 109 Å². The molecule has 0 heterocycles. The third-order valence-electron chi connectivity index (χ3n) is 7.43. The van der Waals surface area contributed by atoms with Crippen molar-refractivity contribution < 1.29 is 0 Å². The Balaban J connectivity index is 4.21. The molecule has 29 heavy (non-hydrogen) atoms. The van der Waals surface area contributed by atoms with Gasteiger partial charge in [0.2, 0.25) is 0 Å². The van der Waals surface area contributed by atoms with Crippen molar-refractivity contribution >= 4 is 8.07 Å². The Morgan fingerprint density at radius 1 is 0.310 bits per heavy atom. The van der Waals surface area contributed by atoms with Crippen LogP contribution in [0.15, 0.2) is 0 Å². The molecular weight excluding hydrogens is 364 g/mol. The predicted molar refractivity (Wildman–Crippen MR) is 140 cm³/mol. The first-order valence-electron chi connectivity index (χ1n) is 14.2. The van der Waals surface area contributed by atoms with Crippen molar-refractivity contribution in [3.63, 3.8) is 0 Å². The second-order valence-electron chi connectivity index (χ2n) is 10.1. The zero-order valence-electron chi connectivity index (χ0n) is 21.5. The Morgan fingerprint density at radius 2 is 0.552 bits per heavy atom. The Morgan fingerprint density at radius 3 is 0.793 bits per heavy atom. The molecule has 0 saturated carbocycles. The second-order valence-corrected chi connectivity index (χ2v) is 15.3. The number of hydrogen-bond donors (Lipinski definition) is 0. The largest absolute Gasteiger partial charge is 0.0678 e. The lowest BCUT2D eigenvalue weighted by molar-refractivity contribution is 0.581. The van der Waals surface area contributed by atoms with Gasteiger partial charge >= 0.3 is 0 Å². The van der Waals surface area contributed by atoms with Gasteiger partial charge in [-0.2, -0.15) is 0 Å². The Hall–Kier alpha value is 0.217. The molecule has 0 N–H and O–H groups in total. The van der Waals surface area contributed by atoms with Crippen LogP contribution in [0.1, 0.15) is 156 Å². The van der Waals surface area contributed by atoms with Gasteiger partial charge in [-0.3, -0.25) is 0 Å². The zero-order chi connectivity index (χ0) is 21.5. The topological polar surface area (TPSA) is 0 Å². The van der Waals surface area contributed by atoms with Crippen molar-refractivity contribution in [1.29, 1.82) is 0 Å². The minimum atomic E-state index is -0.988. The zero-order valence-corrected chi connectivity index (χ0v) is 22.5. The fourth-order valence-electron chi connectivity index (χ4n) is 5.10. The Bertz CT molecular complexity index is 283. The molecular formula is C28H60Si. The molecule has 0 unspecified atom stereocenters. The van der Waals surface area contributed by atoms with Crippen molar-refractivity contribution in [2.24, 2.45) is 0 Å². The minimum absolute atomic E-state index is 0.988. The highest BCUT2D eigenvalue weighted by molar-refractivity contribution is 6.79. The van der Waals surface area contributed by atoms with Gasteiger partial charge in [0.15, 0.2) is 0 Å². The van der Waals surface area contributed by atoms with Crippen molar-refractivity contribution in [2.45, 2.75) is 180 Å². The van der Waals surface area contributed by atoms with Crippen LogP contribution in [0, 0.1) is 0 Å². The number of unbranched alkanes of at least 4 members (excludes halogenated alkanes) is 17. The van der Waals surface area contributed by atoms with Crippen molar-refractivity contribution in [2.75, 3.05) is 0 Å². The van der Waals surface area contributed by atoms with E-state index in [0.717, 1.165) is 0 Å². The lowest BCUT2D eigenvalue weighted by Crippen LogP contribution is -2.32. The maximum atomic E-state index is 2.56.